The van der Waals surface area contributed by atoms with Crippen LogP contribution in [0.3, 0.4) is 0 Å². The van der Waals surface area contributed by atoms with Crippen molar-refractivity contribution in [3.05, 3.63) is 81.9 Å². The molecule has 0 aliphatic carbocycles. The second-order valence-electron chi connectivity index (χ2n) is 5.13. The minimum atomic E-state index is -0.261. The van der Waals surface area contributed by atoms with E-state index in [1.165, 1.54) is 17.0 Å². The zero-order chi connectivity index (χ0) is 16.4. The van der Waals surface area contributed by atoms with Crippen molar-refractivity contribution in [2.45, 2.75) is 6.54 Å². The molecule has 0 aliphatic heterocycles. The van der Waals surface area contributed by atoms with Crippen molar-refractivity contribution in [1.29, 1.82) is 0 Å². The maximum Gasteiger partial charge on any atom is 0.190 e. The van der Waals surface area contributed by atoms with Gasteiger partial charge in [-0.1, -0.05) is 6.07 Å². The SMILES string of the molecule is Fc1ccc(N=c2scc(-c3cccs3)n2Cc2ccco2)cc1. The zero-order valence-electron chi connectivity index (χ0n) is 12.6. The van der Waals surface area contributed by atoms with Crippen LogP contribution in [-0.4, -0.2) is 4.57 Å². The first-order valence-electron chi connectivity index (χ1n) is 7.34. The molecule has 120 valence electrons. The molecule has 3 heterocycles. The normalized spacial score (nSPS) is 12.0. The Kier molecular flexibility index (Phi) is 4.15. The summed E-state index contributed by atoms with van der Waals surface area (Å²) in [6.07, 6.45) is 1.67. The van der Waals surface area contributed by atoms with Gasteiger partial charge >= 0.3 is 0 Å². The molecule has 0 atom stereocenters. The highest BCUT2D eigenvalue weighted by Crippen LogP contribution is 2.26. The number of furan rings is 1. The lowest BCUT2D eigenvalue weighted by Gasteiger charge is -2.06. The molecule has 1 aromatic carbocycles. The maximum atomic E-state index is 13.1. The van der Waals surface area contributed by atoms with Crippen LogP contribution in [0.1, 0.15) is 5.76 Å². The number of aromatic nitrogens is 1. The van der Waals surface area contributed by atoms with Crippen molar-refractivity contribution in [1.82, 2.24) is 4.57 Å². The van der Waals surface area contributed by atoms with Gasteiger partial charge in [-0.3, -0.25) is 0 Å². The fourth-order valence-electron chi connectivity index (χ4n) is 2.38. The van der Waals surface area contributed by atoms with Gasteiger partial charge in [-0.25, -0.2) is 9.38 Å². The minimum Gasteiger partial charge on any atom is -0.467 e. The van der Waals surface area contributed by atoms with Crippen LogP contribution in [-0.2, 0) is 6.54 Å². The summed E-state index contributed by atoms with van der Waals surface area (Å²) in [6, 6.07) is 14.1. The van der Waals surface area contributed by atoms with Crippen molar-refractivity contribution < 1.29 is 8.81 Å². The van der Waals surface area contributed by atoms with Gasteiger partial charge in [0.15, 0.2) is 4.80 Å². The van der Waals surface area contributed by atoms with E-state index in [4.69, 9.17) is 4.42 Å². The average Bonchev–Trinajstić information content (AvgIpc) is 3.33. The number of nitrogens with zero attached hydrogens (tertiary/aromatic N) is 2. The smallest absolute Gasteiger partial charge is 0.190 e. The maximum absolute atomic E-state index is 13.1. The summed E-state index contributed by atoms with van der Waals surface area (Å²) in [5, 5.41) is 4.15. The van der Waals surface area contributed by atoms with Crippen LogP contribution in [0, 0.1) is 5.82 Å². The predicted octanol–water partition coefficient (Wildman–Crippen LogP) is 5.29. The Morgan fingerprint density at radius 3 is 2.62 bits per heavy atom. The molecule has 4 rings (SSSR count). The van der Waals surface area contributed by atoms with Crippen molar-refractivity contribution in [3.8, 4) is 10.6 Å². The van der Waals surface area contributed by atoms with Gasteiger partial charge in [0.25, 0.3) is 0 Å². The predicted molar refractivity (Wildman–Crippen MR) is 95.1 cm³/mol. The monoisotopic (exact) mass is 356 g/mol. The van der Waals surface area contributed by atoms with Gasteiger partial charge in [0.05, 0.1) is 29.1 Å². The van der Waals surface area contributed by atoms with Crippen LogP contribution in [0.15, 0.2) is 75.0 Å². The summed E-state index contributed by atoms with van der Waals surface area (Å²) in [4.78, 5) is 6.70. The van der Waals surface area contributed by atoms with Crippen LogP contribution >= 0.6 is 22.7 Å². The first kappa shape index (κ1) is 15.1. The molecule has 0 N–H and O–H groups in total. The Morgan fingerprint density at radius 2 is 1.92 bits per heavy atom. The lowest BCUT2D eigenvalue weighted by atomic mass is 10.3. The summed E-state index contributed by atoms with van der Waals surface area (Å²) in [5.74, 6) is 0.606. The lowest BCUT2D eigenvalue weighted by Crippen LogP contribution is -2.16. The molecule has 0 unspecified atom stereocenters. The summed E-state index contributed by atoms with van der Waals surface area (Å²) in [7, 11) is 0. The van der Waals surface area contributed by atoms with Gasteiger partial charge in [-0.15, -0.1) is 22.7 Å². The lowest BCUT2D eigenvalue weighted by molar-refractivity contribution is 0.492. The number of hydrogen-bond acceptors (Lipinski definition) is 4. The fourth-order valence-corrected chi connectivity index (χ4v) is 4.12. The van der Waals surface area contributed by atoms with E-state index in [0.29, 0.717) is 6.54 Å². The molecule has 0 spiro atoms. The number of rotatable bonds is 4. The largest absolute Gasteiger partial charge is 0.467 e. The molecule has 3 aromatic heterocycles. The van der Waals surface area contributed by atoms with Gasteiger partial charge in [0, 0.05) is 5.38 Å². The highest BCUT2D eigenvalue weighted by atomic mass is 32.1. The number of benzene rings is 1. The van der Waals surface area contributed by atoms with E-state index in [-0.39, 0.29) is 5.82 Å². The Hall–Kier alpha value is -2.44. The summed E-state index contributed by atoms with van der Waals surface area (Å²) < 4.78 is 20.7. The Bertz CT molecular complexity index is 981. The van der Waals surface area contributed by atoms with E-state index >= 15 is 0 Å². The molecule has 4 aromatic rings. The third-order valence-corrected chi connectivity index (χ3v) is 5.27. The molecule has 0 bridgehead atoms. The van der Waals surface area contributed by atoms with Crippen LogP contribution in [0.25, 0.3) is 10.6 Å². The van der Waals surface area contributed by atoms with E-state index < -0.39 is 0 Å². The Morgan fingerprint density at radius 1 is 1.04 bits per heavy atom. The second-order valence-corrected chi connectivity index (χ2v) is 6.92. The highest BCUT2D eigenvalue weighted by Gasteiger charge is 2.11. The van der Waals surface area contributed by atoms with Crippen LogP contribution in [0.2, 0.25) is 0 Å². The average molecular weight is 356 g/mol. The van der Waals surface area contributed by atoms with E-state index in [1.807, 2.05) is 18.2 Å². The molecule has 0 fully saturated rings. The summed E-state index contributed by atoms with van der Waals surface area (Å²) >= 11 is 3.25. The molecular formula is C18H13FN2OS2. The van der Waals surface area contributed by atoms with Crippen molar-refractivity contribution in [2.24, 2.45) is 4.99 Å². The van der Waals surface area contributed by atoms with Gasteiger partial charge in [0.1, 0.15) is 11.6 Å². The molecule has 0 radical (unpaired) electrons. The Labute approximate surface area is 146 Å². The fraction of sp³-hybridized carbons (Fsp3) is 0.0556. The third-order valence-electron chi connectivity index (χ3n) is 3.52. The minimum absolute atomic E-state index is 0.261. The number of hydrogen-bond donors (Lipinski definition) is 0. The molecule has 0 aliphatic rings. The van der Waals surface area contributed by atoms with Crippen LogP contribution in [0.4, 0.5) is 10.1 Å². The summed E-state index contributed by atoms with van der Waals surface area (Å²) in [6.45, 7) is 0.601. The van der Waals surface area contributed by atoms with E-state index in [2.05, 4.69) is 26.4 Å². The molecule has 0 amide bonds. The van der Waals surface area contributed by atoms with E-state index in [1.54, 1.807) is 41.1 Å². The molecule has 24 heavy (non-hydrogen) atoms. The number of thiophene rings is 1. The topological polar surface area (TPSA) is 30.4 Å². The van der Waals surface area contributed by atoms with Gasteiger partial charge < -0.3 is 8.98 Å². The standard InChI is InChI=1S/C18H13FN2OS2/c19-13-5-7-14(8-6-13)20-18-21(11-15-3-1-9-22-15)16(12-24-18)17-4-2-10-23-17/h1-10,12H,11H2. The van der Waals surface area contributed by atoms with Crippen molar-refractivity contribution in [3.63, 3.8) is 0 Å². The van der Waals surface area contributed by atoms with Crippen LogP contribution < -0.4 is 4.80 Å². The van der Waals surface area contributed by atoms with Gasteiger partial charge in [0.2, 0.25) is 0 Å². The van der Waals surface area contributed by atoms with Crippen LogP contribution in [0.5, 0.6) is 0 Å². The molecular weight excluding hydrogens is 343 g/mol. The third kappa shape index (κ3) is 3.11. The first-order valence-corrected chi connectivity index (χ1v) is 9.10. The first-order chi connectivity index (χ1) is 11.8. The quantitative estimate of drug-likeness (QED) is 0.489. The highest BCUT2D eigenvalue weighted by molar-refractivity contribution is 7.14. The molecule has 0 saturated heterocycles. The van der Waals surface area contributed by atoms with E-state index in [0.717, 1.165) is 21.9 Å². The zero-order valence-corrected chi connectivity index (χ0v) is 14.2. The van der Waals surface area contributed by atoms with Crippen molar-refractivity contribution >= 4 is 28.4 Å². The molecule has 0 saturated carbocycles. The number of halogens is 1. The number of thiazole rings is 1. The van der Waals surface area contributed by atoms with Gasteiger partial charge in [-0.2, -0.15) is 0 Å². The Balaban J connectivity index is 1.83. The second kappa shape index (κ2) is 6.59. The molecule has 3 nitrogen and oxygen atoms in total. The molecule has 6 heteroatoms. The summed E-state index contributed by atoms with van der Waals surface area (Å²) in [5.41, 5.74) is 1.83. The van der Waals surface area contributed by atoms with E-state index in [9.17, 15) is 4.39 Å². The van der Waals surface area contributed by atoms with Crippen molar-refractivity contribution in [2.75, 3.05) is 0 Å². The van der Waals surface area contributed by atoms with Gasteiger partial charge in [-0.05, 0) is 47.8 Å².